The number of hydrogen-bond donors (Lipinski definition) is 2. The molecule has 0 fully saturated rings. The van der Waals surface area contributed by atoms with Gasteiger partial charge in [-0.05, 0) is 122 Å². The first kappa shape index (κ1) is 54.0. The molecule has 386 valence electrons. The maximum absolute atomic E-state index is 6.59. The minimum absolute atomic E-state index is 0.664. The molecule has 8 bridgehead atoms. The van der Waals surface area contributed by atoms with E-state index in [1.165, 1.54) is 128 Å². The third kappa shape index (κ3) is 17.2. The lowest BCUT2D eigenvalue weighted by molar-refractivity contribution is 0.289. The molecule has 3 aromatic heterocycles. The number of aromatic amines is 2. The summed E-state index contributed by atoms with van der Waals surface area (Å²) in [4.78, 5) is 18.1. The second kappa shape index (κ2) is 30.3. The highest BCUT2D eigenvalue weighted by molar-refractivity contribution is 5.96. The molecule has 0 unspecified atom stereocenters. The van der Waals surface area contributed by atoms with Crippen molar-refractivity contribution in [3.05, 3.63) is 95.6 Å². The van der Waals surface area contributed by atoms with Crippen LogP contribution in [0.3, 0.4) is 0 Å². The van der Waals surface area contributed by atoms with Crippen molar-refractivity contribution in [2.45, 2.75) is 182 Å². The molecule has 72 heavy (non-hydrogen) atoms. The van der Waals surface area contributed by atoms with E-state index in [-0.39, 0.29) is 0 Å². The summed E-state index contributed by atoms with van der Waals surface area (Å²) in [6.07, 6.45) is 37.5. The summed E-state index contributed by atoms with van der Waals surface area (Å²) in [5.74, 6) is 3.24. The first-order valence-electron chi connectivity index (χ1n) is 28.5. The second-order valence-corrected chi connectivity index (χ2v) is 20.1. The summed E-state index contributed by atoms with van der Waals surface area (Å²) in [5.41, 5.74) is 11.2. The van der Waals surface area contributed by atoms with Crippen LogP contribution in [-0.4, -0.2) is 46.4 Å². The Morgan fingerprint density at radius 2 is 0.653 bits per heavy atom. The lowest BCUT2D eigenvalue weighted by Gasteiger charge is -2.14. The van der Waals surface area contributed by atoms with Gasteiger partial charge in [0.25, 0.3) is 0 Å². The second-order valence-electron chi connectivity index (χ2n) is 20.1. The van der Waals surface area contributed by atoms with Gasteiger partial charge in [0.15, 0.2) is 0 Å². The van der Waals surface area contributed by atoms with E-state index in [1.807, 2.05) is 0 Å². The van der Waals surface area contributed by atoms with Crippen molar-refractivity contribution < 1.29 is 18.9 Å². The van der Waals surface area contributed by atoms with Gasteiger partial charge in [-0.25, -0.2) is 9.97 Å². The molecule has 0 saturated carbocycles. The number of H-pyrrole nitrogens is 2. The Balaban J connectivity index is 1.33. The highest BCUT2D eigenvalue weighted by Gasteiger charge is 2.19. The van der Waals surface area contributed by atoms with Crippen molar-refractivity contribution >= 4 is 46.4 Å². The Hall–Kier alpha value is -5.76. The molecule has 5 heterocycles. The van der Waals surface area contributed by atoms with Gasteiger partial charge in [0.1, 0.15) is 23.0 Å². The smallest absolute Gasteiger partial charge is 0.123 e. The molecule has 0 radical (unpaired) electrons. The van der Waals surface area contributed by atoms with Crippen LogP contribution in [-0.2, 0) is 0 Å². The van der Waals surface area contributed by atoms with Crippen molar-refractivity contribution in [1.82, 2.24) is 19.9 Å². The van der Waals surface area contributed by atoms with Crippen LogP contribution in [0, 0.1) is 0 Å². The fraction of sp³-hybridized carbons (Fsp3) is 0.500. The highest BCUT2D eigenvalue weighted by Crippen LogP contribution is 2.39. The fourth-order valence-electron chi connectivity index (χ4n) is 9.74. The summed E-state index contributed by atoms with van der Waals surface area (Å²) in [6, 6.07) is 25.6. The molecule has 8 nitrogen and oxygen atoms in total. The van der Waals surface area contributed by atoms with Gasteiger partial charge in [-0.2, -0.15) is 0 Å². The van der Waals surface area contributed by atoms with Crippen molar-refractivity contribution in [3.8, 4) is 45.3 Å². The minimum atomic E-state index is 0.664. The largest absolute Gasteiger partial charge is 0.493 e. The molecule has 2 aliphatic heterocycles. The zero-order chi connectivity index (χ0) is 50.0. The van der Waals surface area contributed by atoms with Gasteiger partial charge in [0.05, 0.1) is 49.2 Å². The Morgan fingerprint density at radius 3 is 0.986 bits per heavy atom. The van der Waals surface area contributed by atoms with Gasteiger partial charge in [-0.15, -0.1) is 0 Å². The normalized spacial score (nSPS) is 11.9. The minimum Gasteiger partial charge on any atom is -0.493 e. The average Bonchev–Trinajstić information content (AvgIpc) is 4.24. The number of hydrogen-bond acceptors (Lipinski definition) is 6. The molecule has 0 atom stereocenters. The van der Waals surface area contributed by atoms with Crippen LogP contribution < -0.4 is 18.9 Å². The molecule has 0 saturated heterocycles. The van der Waals surface area contributed by atoms with E-state index in [1.54, 1.807) is 0 Å². The lowest BCUT2D eigenvalue weighted by Crippen LogP contribution is -2.01. The maximum Gasteiger partial charge on any atom is 0.123 e. The molecule has 0 amide bonds. The number of ether oxygens (including phenoxy) is 4. The number of nitrogens with one attached hydrogen (secondary N) is 2. The van der Waals surface area contributed by atoms with E-state index < -0.39 is 0 Å². The van der Waals surface area contributed by atoms with Crippen LogP contribution in [0.4, 0.5) is 0 Å². The maximum atomic E-state index is 6.59. The van der Waals surface area contributed by atoms with Gasteiger partial charge in [-0.3, -0.25) is 0 Å². The number of benzene rings is 2. The van der Waals surface area contributed by atoms with Crippen molar-refractivity contribution in [2.75, 3.05) is 26.4 Å². The fourth-order valence-corrected chi connectivity index (χ4v) is 9.74. The molecular weight excluding hydrogens is 889 g/mol. The zero-order valence-corrected chi connectivity index (χ0v) is 44.6. The van der Waals surface area contributed by atoms with E-state index >= 15 is 0 Å². The van der Waals surface area contributed by atoms with E-state index in [0.29, 0.717) is 26.4 Å². The average molecular weight is 975 g/mol. The molecule has 2 N–H and O–H groups in total. The van der Waals surface area contributed by atoms with E-state index in [2.05, 4.69) is 135 Å². The quantitative estimate of drug-likeness (QED) is 0.0391. The third-order valence-corrected chi connectivity index (χ3v) is 13.8. The number of aromatic nitrogens is 4. The predicted octanol–water partition coefficient (Wildman–Crippen LogP) is 18.9. The molecule has 2 aromatic carbocycles. The molecule has 2 aliphatic rings. The van der Waals surface area contributed by atoms with E-state index in [4.69, 9.17) is 28.9 Å². The number of rotatable bonds is 34. The zero-order valence-electron chi connectivity index (χ0n) is 44.6. The van der Waals surface area contributed by atoms with Crippen molar-refractivity contribution in [1.29, 1.82) is 0 Å². The van der Waals surface area contributed by atoms with Gasteiger partial charge in [0.2, 0.25) is 0 Å². The topological polar surface area (TPSA) is 94.3 Å². The van der Waals surface area contributed by atoms with Crippen LogP contribution in [0.15, 0.2) is 72.8 Å². The van der Waals surface area contributed by atoms with Crippen LogP contribution in [0.5, 0.6) is 23.0 Å². The lowest BCUT2D eigenvalue weighted by atomic mass is 10.0. The van der Waals surface area contributed by atoms with Crippen molar-refractivity contribution in [3.63, 3.8) is 0 Å². The molecule has 0 spiro atoms. The summed E-state index contributed by atoms with van der Waals surface area (Å²) < 4.78 is 26.4. The Bertz CT molecular complexity index is 2390. The Labute approximate surface area is 432 Å². The summed E-state index contributed by atoms with van der Waals surface area (Å²) in [6.45, 7) is 11.7. The van der Waals surface area contributed by atoms with E-state index in [0.717, 1.165) is 116 Å². The standard InChI is InChI=1S/C64H86N4O4/c1-5-9-13-17-21-25-37-69-55-41-49(42-56(47-55)70-38-26-22-18-14-10-6-2)63-59-33-31-53(66-59)45-51-29-30-52(65-51)46-54-32-34-60(67-54)64(62-36-35-61(63)68-62)50-43-57(71-39-27-23-19-15-11-7-3)48-58(44-50)72-40-28-24-20-16-12-8-4/h29-36,41-48,66-67H,5-28,37-40H2,1-4H3. The van der Waals surface area contributed by atoms with Crippen LogP contribution in [0.1, 0.15) is 205 Å². The first-order valence-corrected chi connectivity index (χ1v) is 28.5. The molecule has 7 rings (SSSR count). The van der Waals surface area contributed by atoms with Gasteiger partial charge in [0, 0.05) is 45.3 Å². The Kier molecular flexibility index (Phi) is 22.7. The summed E-state index contributed by atoms with van der Waals surface area (Å²) in [5, 5.41) is 0. The first-order chi connectivity index (χ1) is 35.5. The number of unbranched alkanes of at least 4 members (excludes halogenated alkanes) is 20. The van der Waals surface area contributed by atoms with Crippen LogP contribution in [0.25, 0.3) is 68.6 Å². The molecule has 0 aliphatic carbocycles. The molecular formula is C64H86N4O4. The highest BCUT2D eigenvalue weighted by atomic mass is 16.5. The predicted molar refractivity (Wildman–Crippen MR) is 305 cm³/mol. The van der Waals surface area contributed by atoms with Crippen molar-refractivity contribution in [2.24, 2.45) is 0 Å². The molecule has 5 aromatic rings. The SMILES string of the molecule is CCCCCCCCOc1cc(OCCCCCCCC)cc(-c2c3nc(c(-c4cc(OCCCCCCCC)cc(OCCCCCCCC)c4)c4ccc(cc5nc(cc6ccc2[nH]6)C=C5)[nH]4)C=C3)c1. The number of nitrogens with zero attached hydrogens (tertiary/aromatic N) is 2. The van der Waals surface area contributed by atoms with Crippen LogP contribution in [0.2, 0.25) is 0 Å². The van der Waals surface area contributed by atoms with E-state index in [9.17, 15) is 0 Å². The summed E-state index contributed by atoms with van der Waals surface area (Å²) >= 11 is 0. The van der Waals surface area contributed by atoms with Gasteiger partial charge in [-0.1, -0.05) is 156 Å². The summed E-state index contributed by atoms with van der Waals surface area (Å²) in [7, 11) is 0. The Morgan fingerprint density at radius 1 is 0.333 bits per heavy atom. The van der Waals surface area contributed by atoms with Crippen LogP contribution >= 0.6 is 0 Å². The monoisotopic (exact) mass is 975 g/mol. The number of fused-ring (bicyclic) bond motifs is 8. The molecule has 8 heteroatoms. The van der Waals surface area contributed by atoms with Gasteiger partial charge >= 0.3 is 0 Å². The van der Waals surface area contributed by atoms with Gasteiger partial charge < -0.3 is 28.9 Å². The third-order valence-electron chi connectivity index (χ3n) is 13.8.